The van der Waals surface area contributed by atoms with E-state index in [-0.39, 0.29) is 97.6 Å². The third-order valence-corrected chi connectivity index (χ3v) is 15.1. The summed E-state index contributed by atoms with van der Waals surface area (Å²) < 4.78 is 33.0. The molecule has 18 nitrogen and oxygen atoms in total. The van der Waals surface area contributed by atoms with Crippen LogP contribution in [0.2, 0.25) is 10.0 Å². The molecule has 0 bridgehead atoms. The number of methoxy groups -OCH3 is 6. The number of benzene rings is 7. The minimum absolute atomic E-state index is 0.0512. The van der Waals surface area contributed by atoms with Gasteiger partial charge in [0, 0.05) is 73.5 Å². The Kier molecular flexibility index (Phi) is 18.9. The molecule has 9 rings (SSSR count). The van der Waals surface area contributed by atoms with Crippen molar-refractivity contribution in [2.24, 2.45) is 0 Å². The first-order chi connectivity index (χ1) is 40.6. The van der Waals surface area contributed by atoms with Crippen molar-refractivity contribution in [2.45, 2.75) is 52.1 Å². The van der Waals surface area contributed by atoms with Gasteiger partial charge >= 0.3 is 0 Å². The van der Waals surface area contributed by atoms with Crippen molar-refractivity contribution < 1.29 is 57.2 Å². The van der Waals surface area contributed by atoms with Crippen molar-refractivity contribution in [1.82, 2.24) is 31.1 Å². The molecule has 2 heterocycles. The number of nitrogens with one attached hydrogen (secondary N) is 4. The lowest BCUT2D eigenvalue weighted by Gasteiger charge is -2.18. The lowest BCUT2D eigenvalue weighted by molar-refractivity contribution is 0.0748. The second kappa shape index (κ2) is 26.8. The van der Waals surface area contributed by atoms with Crippen LogP contribution in [-0.4, -0.2) is 101 Å². The Balaban J connectivity index is 0.918. The van der Waals surface area contributed by atoms with Crippen molar-refractivity contribution in [2.75, 3.05) is 55.7 Å². The van der Waals surface area contributed by atoms with Crippen LogP contribution in [0, 0.1) is 0 Å². The van der Waals surface area contributed by atoms with E-state index in [0.29, 0.717) is 90.8 Å². The maximum atomic E-state index is 14.4. The number of nitrogens with zero attached hydrogens (tertiary/aromatic N) is 2. The molecule has 0 saturated carbocycles. The molecular formula is C64H62Cl2N6O12. The number of hydrogen-bond donors (Lipinski definition) is 4. The number of ether oxygens (including phenoxy) is 6. The molecule has 7 aromatic rings. The van der Waals surface area contributed by atoms with Gasteiger partial charge in [0.1, 0.15) is 0 Å². The summed E-state index contributed by atoms with van der Waals surface area (Å²) in [6.45, 7) is 1.14. The Morgan fingerprint density at radius 2 is 0.702 bits per heavy atom. The van der Waals surface area contributed by atoms with E-state index in [9.17, 15) is 28.8 Å². The highest BCUT2D eigenvalue weighted by molar-refractivity contribution is 6.30. The predicted molar refractivity (Wildman–Crippen MR) is 316 cm³/mol. The predicted octanol–water partition coefficient (Wildman–Crippen LogP) is 9.16. The largest absolute Gasteiger partial charge is 0.493 e. The van der Waals surface area contributed by atoms with Crippen LogP contribution in [0.1, 0.15) is 107 Å². The number of carbonyl (C=O) groups excluding carboxylic acids is 6. The monoisotopic (exact) mass is 1180 g/mol. The minimum Gasteiger partial charge on any atom is -0.493 e. The quantitative estimate of drug-likeness (QED) is 0.0500. The van der Waals surface area contributed by atoms with E-state index in [1.54, 1.807) is 107 Å². The molecule has 2 aliphatic heterocycles. The summed E-state index contributed by atoms with van der Waals surface area (Å²) in [4.78, 5) is 88.5. The highest BCUT2D eigenvalue weighted by Gasteiger charge is 2.32. The van der Waals surface area contributed by atoms with E-state index in [1.807, 2.05) is 24.3 Å². The molecule has 0 atom stereocenters. The number of amides is 6. The Hall–Kier alpha value is -9.26. The smallest absolute Gasteiger partial charge is 0.254 e. The van der Waals surface area contributed by atoms with Gasteiger partial charge < -0.3 is 59.5 Å². The number of hydrogen-bond acceptors (Lipinski definition) is 12. The van der Waals surface area contributed by atoms with Crippen molar-refractivity contribution in [3.8, 4) is 34.5 Å². The van der Waals surface area contributed by atoms with Crippen LogP contribution >= 0.6 is 23.2 Å². The average Bonchev–Trinajstić information content (AvgIpc) is 3.45. The van der Waals surface area contributed by atoms with Gasteiger partial charge in [0.05, 0.1) is 64.9 Å². The topological polar surface area (TPSA) is 212 Å². The maximum absolute atomic E-state index is 14.4. The Morgan fingerprint density at radius 1 is 0.393 bits per heavy atom. The summed E-state index contributed by atoms with van der Waals surface area (Å²) in [6.07, 6.45) is 1.02. The molecule has 0 fully saturated rings. The summed E-state index contributed by atoms with van der Waals surface area (Å²) in [5.41, 5.74) is 6.90. The van der Waals surface area contributed by atoms with Crippen LogP contribution in [0.15, 0.2) is 121 Å². The van der Waals surface area contributed by atoms with Crippen LogP contribution in [0.5, 0.6) is 34.5 Å². The minimum atomic E-state index is -0.522. The van der Waals surface area contributed by atoms with Gasteiger partial charge in [-0.15, -0.1) is 0 Å². The molecule has 0 unspecified atom stereocenters. The van der Waals surface area contributed by atoms with Crippen LogP contribution in [0.4, 0.5) is 0 Å². The third kappa shape index (κ3) is 13.5. The van der Waals surface area contributed by atoms with Crippen molar-refractivity contribution in [3.63, 3.8) is 0 Å². The molecule has 0 radical (unpaired) electrons. The summed E-state index contributed by atoms with van der Waals surface area (Å²) in [6, 6.07) is 34.5. The van der Waals surface area contributed by atoms with Crippen LogP contribution in [0.25, 0.3) is 0 Å². The second-order valence-corrected chi connectivity index (χ2v) is 20.8. The summed E-state index contributed by atoms with van der Waals surface area (Å²) in [5.74, 6) is -0.318. The van der Waals surface area contributed by atoms with Gasteiger partial charge in [0.2, 0.25) is 11.5 Å². The van der Waals surface area contributed by atoms with Crippen molar-refractivity contribution >= 4 is 58.6 Å². The van der Waals surface area contributed by atoms with Crippen molar-refractivity contribution in [1.29, 1.82) is 0 Å². The zero-order valence-electron chi connectivity index (χ0n) is 47.2. The zero-order valence-corrected chi connectivity index (χ0v) is 48.7. The first-order valence-corrected chi connectivity index (χ1v) is 27.6. The Labute approximate surface area is 496 Å². The van der Waals surface area contributed by atoms with E-state index >= 15 is 0 Å². The van der Waals surface area contributed by atoms with Crippen LogP contribution in [-0.2, 0) is 52.1 Å². The van der Waals surface area contributed by atoms with Gasteiger partial charge in [-0.1, -0.05) is 53.5 Å². The van der Waals surface area contributed by atoms with Gasteiger partial charge in [-0.25, -0.2) is 0 Å². The van der Waals surface area contributed by atoms with E-state index < -0.39 is 23.6 Å². The van der Waals surface area contributed by atoms with E-state index in [0.717, 1.165) is 11.1 Å². The van der Waals surface area contributed by atoms with Crippen molar-refractivity contribution in [3.05, 3.63) is 209 Å². The number of carbonyl (C=O) groups is 6. The number of halogens is 2. The second-order valence-electron chi connectivity index (χ2n) is 19.9. The molecule has 84 heavy (non-hydrogen) atoms. The molecule has 0 saturated heterocycles. The van der Waals surface area contributed by atoms with Crippen LogP contribution < -0.4 is 49.7 Å². The normalized spacial score (nSPS) is 12.1. The molecule has 0 aliphatic carbocycles. The fourth-order valence-corrected chi connectivity index (χ4v) is 10.5. The van der Waals surface area contributed by atoms with Gasteiger partial charge in [-0.2, -0.15) is 0 Å². The lowest BCUT2D eigenvalue weighted by Crippen LogP contribution is -2.30. The fourth-order valence-electron chi connectivity index (χ4n) is 10.3. The molecule has 6 amide bonds. The molecule has 7 aromatic carbocycles. The SMILES string of the molecule is COc1cc(CNC(=O)c2cc3c(cc2C(=O)NCCc2ccc(Cl)cc2)CN(C(=O)c2cccc(C(=O)N4Cc5cc(C(=O)NCCc6ccc(Cl)cc6)c(C(=O)NCc6cc(OC)c(OC)c(OC)c6)cc5C4)c2)C3)cc(OC)c1OC. The van der Waals surface area contributed by atoms with Gasteiger partial charge in [0.25, 0.3) is 35.4 Å². The average molecular weight is 1180 g/mol. The highest BCUT2D eigenvalue weighted by Crippen LogP contribution is 2.40. The van der Waals surface area contributed by atoms with Gasteiger partial charge in [-0.3, -0.25) is 28.8 Å². The zero-order chi connectivity index (χ0) is 59.6. The number of fused-ring (bicyclic) bond motifs is 2. The van der Waals surface area contributed by atoms with Gasteiger partial charge in [-0.05, 0) is 148 Å². The molecule has 0 spiro atoms. The molecule has 20 heteroatoms. The Bertz CT molecular complexity index is 3390. The van der Waals surface area contributed by atoms with E-state index in [4.69, 9.17) is 51.6 Å². The summed E-state index contributed by atoms with van der Waals surface area (Å²) >= 11 is 12.2. The summed E-state index contributed by atoms with van der Waals surface area (Å²) in [5, 5.41) is 13.0. The molecule has 2 aliphatic rings. The van der Waals surface area contributed by atoms with E-state index in [2.05, 4.69) is 21.3 Å². The van der Waals surface area contributed by atoms with E-state index in [1.165, 1.54) is 42.7 Å². The Morgan fingerprint density at radius 3 is 1.00 bits per heavy atom. The summed E-state index contributed by atoms with van der Waals surface area (Å²) in [7, 11) is 8.98. The fraction of sp³-hybridized carbons (Fsp3) is 0.250. The van der Waals surface area contributed by atoms with Crippen LogP contribution in [0.3, 0.4) is 0 Å². The highest BCUT2D eigenvalue weighted by atomic mass is 35.5. The maximum Gasteiger partial charge on any atom is 0.254 e. The van der Waals surface area contributed by atoms with Gasteiger partial charge in [0.15, 0.2) is 23.0 Å². The molecule has 434 valence electrons. The lowest BCUT2D eigenvalue weighted by atomic mass is 9.98. The molecule has 0 aromatic heterocycles. The molecular weight excluding hydrogens is 1120 g/mol. The third-order valence-electron chi connectivity index (χ3n) is 14.6. The number of rotatable bonds is 22. The first kappa shape index (κ1) is 59.4. The first-order valence-electron chi connectivity index (χ1n) is 26.8. The standard InChI is InChI=1S/C64H62Cl2N6O12/c1-79-53-22-39(23-54(80-2)57(53)83-5)31-69-61(75)51-29-45-35-71(33-43(45)27-49(51)59(73)67-20-18-37-10-14-47(65)15-11-37)63(77)41-8-7-9-42(26-41)64(78)72-34-44-28-50(60(74)68-21-19-38-12-16-48(66)17-13-38)52(30-46(44)36-72)62(76)70-32-40-24-55(81-3)58(84-6)56(25-40)82-4/h7-17,22-30H,18-21,31-36H2,1-6H3,(H,67,73)(H,68,74)(H,69,75)(H,70,76). The molecule has 4 N–H and O–H groups in total.